The number of nitrogens with zero attached hydrogens (tertiary/aromatic N) is 2. The molecule has 0 radical (unpaired) electrons. The van der Waals surface area contributed by atoms with E-state index < -0.39 is 0 Å². The van der Waals surface area contributed by atoms with Crippen LogP contribution in [0.4, 0.5) is 0 Å². The Bertz CT molecular complexity index is 861. The second-order valence-electron chi connectivity index (χ2n) is 6.68. The number of hydrogen-bond donors (Lipinski definition) is 1. The maximum absolute atomic E-state index is 12.1. The maximum atomic E-state index is 12.1. The zero-order chi connectivity index (χ0) is 17.8. The fraction of sp³-hybridized carbons (Fsp3) is 0.286. The van der Waals surface area contributed by atoms with E-state index in [4.69, 9.17) is 4.42 Å². The van der Waals surface area contributed by atoms with Gasteiger partial charge < -0.3 is 9.73 Å². The van der Waals surface area contributed by atoms with Crippen molar-refractivity contribution < 1.29 is 9.21 Å². The summed E-state index contributed by atoms with van der Waals surface area (Å²) in [4.78, 5) is 12.1. The Kier molecular flexibility index (Phi) is 4.78. The molecule has 0 spiro atoms. The Morgan fingerprint density at radius 2 is 1.77 bits per heavy atom. The van der Waals surface area contributed by atoms with Gasteiger partial charge in [0.15, 0.2) is 0 Å². The van der Waals surface area contributed by atoms with E-state index in [1.807, 2.05) is 36.4 Å². The van der Waals surface area contributed by atoms with E-state index in [1.54, 1.807) is 0 Å². The van der Waals surface area contributed by atoms with E-state index in [1.165, 1.54) is 5.56 Å². The standard InChI is InChI=1S/C21H21N3O2/c25-19(22-14-17-13-18(17)15-7-3-1-4-8-15)11-12-20-23-24-21(26-20)16-9-5-2-6-10-16/h1-10,17-18H,11-14H2,(H,22,25)/t17-,18+/m0/s1. The van der Waals surface area contributed by atoms with Gasteiger partial charge in [-0.1, -0.05) is 48.5 Å². The second-order valence-corrected chi connectivity index (χ2v) is 6.68. The lowest BCUT2D eigenvalue weighted by atomic mass is 10.1. The van der Waals surface area contributed by atoms with Crippen molar-refractivity contribution in [3.8, 4) is 11.5 Å². The Hall–Kier alpha value is -2.95. The maximum Gasteiger partial charge on any atom is 0.247 e. The molecule has 1 heterocycles. The van der Waals surface area contributed by atoms with Gasteiger partial charge in [-0.15, -0.1) is 10.2 Å². The van der Waals surface area contributed by atoms with Crippen LogP contribution in [-0.2, 0) is 11.2 Å². The van der Waals surface area contributed by atoms with Gasteiger partial charge in [-0.2, -0.15) is 0 Å². The largest absolute Gasteiger partial charge is 0.421 e. The number of benzene rings is 2. The van der Waals surface area contributed by atoms with Crippen molar-refractivity contribution in [1.82, 2.24) is 15.5 Å². The van der Waals surface area contributed by atoms with Crippen LogP contribution >= 0.6 is 0 Å². The van der Waals surface area contributed by atoms with E-state index in [-0.39, 0.29) is 5.91 Å². The summed E-state index contributed by atoms with van der Waals surface area (Å²) in [7, 11) is 0. The van der Waals surface area contributed by atoms with Gasteiger partial charge in [-0.05, 0) is 36.0 Å². The predicted octanol–water partition coefficient (Wildman–Crippen LogP) is 3.59. The van der Waals surface area contributed by atoms with Crippen molar-refractivity contribution in [3.05, 3.63) is 72.1 Å². The lowest BCUT2D eigenvalue weighted by Crippen LogP contribution is -2.26. The third kappa shape index (κ3) is 3.99. The van der Waals surface area contributed by atoms with Crippen molar-refractivity contribution in [1.29, 1.82) is 0 Å². The van der Waals surface area contributed by atoms with Crippen LogP contribution in [-0.4, -0.2) is 22.6 Å². The summed E-state index contributed by atoms with van der Waals surface area (Å²) >= 11 is 0. The van der Waals surface area contributed by atoms with Crippen LogP contribution in [0.25, 0.3) is 11.5 Å². The number of rotatable bonds is 7. The fourth-order valence-corrected chi connectivity index (χ4v) is 3.19. The molecule has 4 rings (SSSR count). The molecule has 5 heteroatoms. The third-order valence-electron chi connectivity index (χ3n) is 4.77. The number of nitrogens with one attached hydrogen (secondary N) is 1. The molecule has 5 nitrogen and oxygen atoms in total. The lowest BCUT2D eigenvalue weighted by Gasteiger charge is -2.04. The number of amides is 1. The van der Waals surface area contributed by atoms with Gasteiger partial charge in [0.2, 0.25) is 17.7 Å². The summed E-state index contributed by atoms with van der Waals surface area (Å²) in [5.74, 6) is 2.15. The SMILES string of the molecule is O=C(CCc1nnc(-c2ccccc2)o1)NC[C@@H]1C[C@@H]1c1ccccc1. The van der Waals surface area contributed by atoms with Crippen molar-refractivity contribution in [2.45, 2.75) is 25.2 Å². The first-order valence-electron chi connectivity index (χ1n) is 8.99. The van der Waals surface area contributed by atoms with Gasteiger partial charge in [-0.3, -0.25) is 4.79 Å². The van der Waals surface area contributed by atoms with Crippen LogP contribution in [0.5, 0.6) is 0 Å². The zero-order valence-corrected chi connectivity index (χ0v) is 14.5. The van der Waals surface area contributed by atoms with Crippen molar-refractivity contribution >= 4 is 5.91 Å². The molecule has 1 saturated carbocycles. The monoisotopic (exact) mass is 347 g/mol. The summed E-state index contributed by atoms with van der Waals surface area (Å²) in [6.07, 6.45) is 1.96. The smallest absolute Gasteiger partial charge is 0.247 e. The first-order valence-corrected chi connectivity index (χ1v) is 8.99. The molecule has 0 unspecified atom stereocenters. The minimum Gasteiger partial charge on any atom is -0.421 e. The van der Waals surface area contributed by atoms with E-state index in [0.29, 0.717) is 36.5 Å². The molecular weight excluding hydrogens is 326 g/mol. The van der Waals surface area contributed by atoms with Crippen molar-refractivity contribution in [2.75, 3.05) is 6.54 Å². The Balaban J connectivity index is 1.21. The predicted molar refractivity (Wildman–Crippen MR) is 98.4 cm³/mol. The van der Waals surface area contributed by atoms with Crippen LogP contribution in [0.1, 0.15) is 30.2 Å². The molecule has 1 aromatic heterocycles. The average molecular weight is 347 g/mol. The Morgan fingerprint density at radius 3 is 2.54 bits per heavy atom. The van der Waals surface area contributed by atoms with E-state index in [2.05, 4.69) is 39.8 Å². The first-order chi connectivity index (χ1) is 12.8. The quantitative estimate of drug-likeness (QED) is 0.709. The number of aryl methyl sites for hydroxylation is 1. The minimum absolute atomic E-state index is 0.0307. The van der Waals surface area contributed by atoms with Crippen LogP contribution in [0.3, 0.4) is 0 Å². The van der Waals surface area contributed by atoms with Crippen LogP contribution in [0.2, 0.25) is 0 Å². The highest BCUT2D eigenvalue weighted by atomic mass is 16.4. The highest BCUT2D eigenvalue weighted by Gasteiger charge is 2.37. The first kappa shape index (κ1) is 16.5. The van der Waals surface area contributed by atoms with Crippen LogP contribution in [0.15, 0.2) is 65.1 Å². The van der Waals surface area contributed by atoms with Gasteiger partial charge in [0.25, 0.3) is 0 Å². The van der Waals surface area contributed by atoms with Gasteiger partial charge in [0.1, 0.15) is 0 Å². The molecule has 26 heavy (non-hydrogen) atoms. The van der Waals surface area contributed by atoms with E-state index in [0.717, 1.165) is 18.5 Å². The Morgan fingerprint density at radius 1 is 1.04 bits per heavy atom. The lowest BCUT2D eigenvalue weighted by molar-refractivity contribution is -0.121. The summed E-state index contributed by atoms with van der Waals surface area (Å²) < 4.78 is 5.63. The molecule has 3 aromatic rings. The highest BCUT2D eigenvalue weighted by molar-refractivity contribution is 5.76. The second kappa shape index (κ2) is 7.52. The van der Waals surface area contributed by atoms with Crippen LogP contribution in [0, 0.1) is 5.92 Å². The molecule has 1 aliphatic carbocycles. The molecule has 0 bridgehead atoms. The summed E-state index contributed by atoms with van der Waals surface area (Å²) in [5, 5.41) is 11.1. The molecule has 1 amide bonds. The van der Waals surface area contributed by atoms with Gasteiger partial charge in [-0.25, -0.2) is 0 Å². The van der Waals surface area contributed by atoms with E-state index in [9.17, 15) is 4.79 Å². The number of aromatic nitrogens is 2. The Labute approximate surface area is 152 Å². The number of carbonyl (C=O) groups excluding carboxylic acids is 1. The van der Waals surface area contributed by atoms with Gasteiger partial charge in [0.05, 0.1) is 0 Å². The molecule has 1 N–H and O–H groups in total. The molecule has 1 fully saturated rings. The third-order valence-corrected chi connectivity index (χ3v) is 4.77. The summed E-state index contributed by atoms with van der Waals surface area (Å²) in [6.45, 7) is 0.734. The molecule has 0 aliphatic heterocycles. The van der Waals surface area contributed by atoms with Crippen molar-refractivity contribution in [2.24, 2.45) is 5.92 Å². The normalized spacial score (nSPS) is 18.5. The summed E-state index contributed by atoms with van der Waals surface area (Å²) in [6, 6.07) is 20.1. The molecule has 2 aromatic carbocycles. The molecule has 2 atom stereocenters. The number of carbonyl (C=O) groups is 1. The molecule has 132 valence electrons. The number of hydrogen-bond acceptors (Lipinski definition) is 4. The highest BCUT2D eigenvalue weighted by Crippen LogP contribution is 2.46. The van der Waals surface area contributed by atoms with Gasteiger partial charge in [0, 0.05) is 24.9 Å². The van der Waals surface area contributed by atoms with Crippen LogP contribution < -0.4 is 5.32 Å². The molecular formula is C21H21N3O2. The molecule has 1 aliphatic rings. The van der Waals surface area contributed by atoms with E-state index >= 15 is 0 Å². The van der Waals surface area contributed by atoms with Gasteiger partial charge >= 0.3 is 0 Å². The van der Waals surface area contributed by atoms with Crippen molar-refractivity contribution in [3.63, 3.8) is 0 Å². The summed E-state index contributed by atoms with van der Waals surface area (Å²) in [5.41, 5.74) is 2.25. The zero-order valence-electron chi connectivity index (χ0n) is 14.5. The topological polar surface area (TPSA) is 68.0 Å². The fourth-order valence-electron chi connectivity index (χ4n) is 3.19. The average Bonchev–Trinajstić information content (AvgIpc) is 3.33. The minimum atomic E-state index is 0.0307. The molecule has 0 saturated heterocycles.